The van der Waals surface area contributed by atoms with Crippen molar-refractivity contribution in [1.29, 1.82) is 0 Å². The highest BCUT2D eigenvalue weighted by Crippen LogP contribution is 2.32. The highest BCUT2D eigenvalue weighted by atomic mass is 32.1. The molecule has 3 aromatic rings. The fourth-order valence-electron chi connectivity index (χ4n) is 2.54. The van der Waals surface area contributed by atoms with Crippen LogP contribution in [-0.2, 0) is 6.42 Å². The van der Waals surface area contributed by atoms with Crippen molar-refractivity contribution in [3.05, 3.63) is 51.8 Å². The van der Waals surface area contributed by atoms with Crippen LogP contribution in [0.25, 0.3) is 10.9 Å². The number of thiophene rings is 1. The largest absolute Gasteiger partial charge is 0.493 e. The number of aryl methyl sites for hydroxylation is 1. The molecule has 21 heavy (non-hydrogen) atoms. The molecule has 2 aromatic heterocycles. The highest BCUT2D eigenvalue weighted by Gasteiger charge is 2.20. The second kappa shape index (κ2) is 5.74. The predicted octanol–water partition coefficient (Wildman–Crippen LogP) is 4.42. The average Bonchev–Trinajstić information content (AvgIpc) is 3.14. The number of nitrogens with one attached hydrogen (secondary N) is 1. The number of fused-ring (bicyclic) bond motifs is 1. The van der Waals surface area contributed by atoms with Gasteiger partial charge in [0.1, 0.15) is 5.75 Å². The van der Waals surface area contributed by atoms with Gasteiger partial charge in [0.25, 0.3) is 0 Å². The van der Waals surface area contributed by atoms with Crippen LogP contribution in [0.5, 0.6) is 5.75 Å². The van der Waals surface area contributed by atoms with Crippen LogP contribution in [0.4, 0.5) is 0 Å². The van der Waals surface area contributed by atoms with Gasteiger partial charge in [0, 0.05) is 11.7 Å². The van der Waals surface area contributed by atoms with E-state index in [2.05, 4.69) is 11.9 Å². The van der Waals surface area contributed by atoms with Crippen molar-refractivity contribution >= 4 is 28.0 Å². The topological polar surface area (TPSA) is 42.1 Å². The number of aromatic amines is 1. The van der Waals surface area contributed by atoms with E-state index in [0.717, 1.165) is 33.5 Å². The van der Waals surface area contributed by atoms with Crippen molar-refractivity contribution in [2.75, 3.05) is 6.61 Å². The minimum Gasteiger partial charge on any atom is -0.493 e. The van der Waals surface area contributed by atoms with Crippen LogP contribution in [0.3, 0.4) is 0 Å². The second-order valence-corrected chi connectivity index (χ2v) is 5.69. The molecule has 108 valence electrons. The van der Waals surface area contributed by atoms with Gasteiger partial charge in [0.05, 0.1) is 22.4 Å². The summed E-state index contributed by atoms with van der Waals surface area (Å²) in [7, 11) is 0. The molecule has 0 bridgehead atoms. The molecule has 0 saturated heterocycles. The SMILES string of the molecule is CCOc1cccc2[nH]cc(C(=O)c3sccc3CC)c12. The standard InChI is InChI=1S/C17H17NO2S/c1-3-11-8-9-21-17(11)16(19)12-10-18-13-6-5-7-14(15(12)13)20-4-2/h5-10,18H,3-4H2,1-2H3. The summed E-state index contributed by atoms with van der Waals surface area (Å²) in [5.41, 5.74) is 2.72. The zero-order chi connectivity index (χ0) is 14.8. The lowest BCUT2D eigenvalue weighted by Gasteiger charge is -2.06. The van der Waals surface area contributed by atoms with Gasteiger partial charge in [-0.1, -0.05) is 13.0 Å². The summed E-state index contributed by atoms with van der Waals surface area (Å²) in [6.07, 6.45) is 2.65. The molecule has 3 rings (SSSR count). The van der Waals surface area contributed by atoms with Crippen LogP contribution in [0, 0.1) is 0 Å². The molecule has 0 saturated carbocycles. The molecule has 0 spiro atoms. The molecule has 0 atom stereocenters. The van der Waals surface area contributed by atoms with Gasteiger partial charge in [-0.15, -0.1) is 11.3 Å². The Bertz CT molecular complexity index is 785. The van der Waals surface area contributed by atoms with Gasteiger partial charge in [-0.2, -0.15) is 0 Å². The predicted molar refractivity (Wildman–Crippen MR) is 86.6 cm³/mol. The van der Waals surface area contributed by atoms with Gasteiger partial charge in [-0.25, -0.2) is 0 Å². The summed E-state index contributed by atoms with van der Waals surface area (Å²) in [6, 6.07) is 7.83. The first kappa shape index (κ1) is 13.9. The summed E-state index contributed by atoms with van der Waals surface area (Å²) in [5.74, 6) is 0.828. The van der Waals surface area contributed by atoms with E-state index in [0.29, 0.717) is 12.2 Å². The number of H-pyrrole nitrogens is 1. The Hall–Kier alpha value is -2.07. The number of hydrogen-bond acceptors (Lipinski definition) is 3. The van der Waals surface area contributed by atoms with E-state index < -0.39 is 0 Å². The lowest BCUT2D eigenvalue weighted by molar-refractivity contribution is 0.104. The summed E-state index contributed by atoms with van der Waals surface area (Å²) in [5, 5.41) is 2.85. The van der Waals surface area contributed by atoms with Crippen LogP contribution in [0.2, 0.25) is 0 Å². The van der Waals surface area contributed by atoms with E-state index >= 15 is 0 Å². The lowest BCUT2D eigenvalue weighted by Crippen LogP contribution is -2.02. The maximum atomic E-state index is 12.9. The Balaban J connectivity index is 2.14. The van der Waals surface area contributed by atoms with Gasteiger partial charge in [-0.3, -0.25) is 4.79 Å². The Morgan fingerprint density at radius 1 is 1.29 bits per heavy atom. The highest BCUT2D eigenvalue weighted by molar-refractivity contribution is 7.12. The molecule has 4 heteroatoms. The Morgan fingerprint density at radius 3 is 2.90 bits per heavy atom. The van der Waals surface area contributed by atoms with E-state index in [1.54, 1.807) is 6.20 Å². The van der Waals surface area contributed by atoms with Gasteiger partial charge in [0.2, 0.25) is 5.78 Å². The third-order valence-electron chi connectivity index (χ3n) is 3.55. The first-order chi connectivity index (χ1) is 10.3. The van der Waals surface area contributed by atoms with E-state index in [1.165, 1.54) is 11.3 Å². The zero-order valence-corrected chi connectivity index (χ0v) is 12.9. The van der Waals surface area contributed by atoms with E-state index in [4.69, 9.17) is 4.74 Å². The van der Waals surface area contributed by atoms with Crippen molar-refractivity contribution in [2.24, 2.45) is 0 Å². The molecule has 0 amide bonds. The fraction of sp³-hybridized carbons (Fsp3) is 0.235. The van der Waals surface area contributed by atoms with Crippen molar-refractivity contribution < 1.29 is 9.53 Å². The average molecular weight is 299 g/mol. The first-order valence-electron chi connectivity index (χ1n) is 7.10. The number of hydrogen-bond donors (Lipinski definition) is 1. The summed E-state index contributed by atoms with van der Waals surface area (Å²) in [4.78, 5) is 16.8. The van der Waals surface area contributed by atoms with Crippen LogP contribution < -0.4 is 4.74 Å². The molecule has 0 unspecified atom stereocenters. The molecule has 0 aliphatic carbocycles. The monoisotopic (exact) mass is 299 g/mol. The van der Waals surface area contributed by atoms with Gasteiger partial charge >= 0.3 is 0 Å². The molecule has 0 aliphatic heterocycles. The number of carbonyl (C=O) groups is 1. The minimum atomic E-state index is 0.0697. The third-order valence-corrected chi connectivity index (χ3v) is 4.50. The minimum absolute atomic E-state index is 0.0697. The molecule has 0 radical (unpaired) electrons. The zero-order valence-electron chi connectivity index (χ0n) is 12.1. The maximum absolute atomic E-state index is 12.9. The molecule has 1 aromatic carbocycles. The lowest BCUT2D eigenvalue weighted by atomic mass is 10.0. The first-order valence-corrected chi connectivity index (χ1v) is 7.98. The number of ketones is 1. The van der Waals surface area contributed by atoms with Crippen LogP contribution in [0.1, 0.15) is 34.6 Å². The Kier molecular flexibility index (Phi) is 3.80. The number of ether oxygens (including phenoxy) is 1. The Labute approximate surface area is 127 Å². The molecule has 0 aliphatic rings. The van der Waals surface area contributed by atoms with Crippen LogP contribution in [-0.4, -0.2) is 17.4 Å². The smallest absolute Gasteiger partial charge is 0.205 e. The Morgan fingerprint density at radius 2 is 2.14 bits per heavy atom. The molecule has 1 N–H and O–H groups in total. The van der Waals surface area contributed by atoms with Gasteiger partial charge in [0.15, 0.2) is 0 Å². The second-order valence-electron chi connectivity index (χ2n) is 4.77. The summed E-state index contributed by atoms with van der Waals surface area (Å²) < 4.78 is 5.67. The fourth-order valence-corrected chi connectivity index (χ4v) is 3.49. The normalized spacial score (nSPS) is 11.0. The number of carbonyl (C=O) groups excluding carboxylic acids is 1. The van der Waals surface area contributed by atoms with Crippen molar-refractivity contribution in [3.8, 4) is 5.75 Å². The summed E-state index contributed by atoms with van der Waals surface area (Å²) >= 11 is 1.50. The van der Waals surface area contributed by atoms with Crippen molar-refractivity contribution in [2.45, 2.75) is 20.3 Å². The number of rotatable bonds is 5. The van der Waals surface area contributed by atoms with E-state index in [9.17, 15) is 4.79 Å². The van der Waals surface area contributed by atoms with Gasteiger partial charge < -0.3 is 9.72 Å². The van der Waals surface area contributed by atoms with Crippen molar-refractivity contribution in [3.63, 3.8) is 0 Å². The quantitative estimate of drug-likeness (QED) is 0.708. The number of benzene rings is 1. The summed E-state index contributed by atoms with van der Waals surface area (Å²) in [6.45, 7) is 4.60. The molecule has 0 fully saturated rings. The van der Waals surface area contributed by atoms with Crippen LogP contribution in [0.15, 0.2) is 35.8 Å². The molecular formula is C17H17NO2S. The molecule has 3 nitrogen and oxygen atoms in total. The maximum Gasteiger partial charge on any atom is 0.205 e. The molecule has 2 heterocycles. The van der Waals surface area contributed by atoms with E-state index in [-0.39, 0.29) is 5.78 Å². The van der Waals surface area contributed by atoms with Gasteiger partial charge in [-0.05, 0) is 42.5 Å². The van der Waals surface area contributed by atoms with Crippen LogP contribution >= 0.6 is 11.3 Å². The third kappa shape index (κ3) is 2.36. The van der Waals surface area contributed by atoms with Crippen molar-refractivity contribution in [1.82, 2.24) is 4.98 Å². The number of aromatic nitrogens is 1. The van der Waals surface area contributed by atoms with E-state index in [1.807, 2.05) is 36.6 Å². The molecular weight excluding hydrogens is 282 g/mol.